The van der Waals surface area contributed by atoms with E-state index in [-0.39, 0.29) is 17.9 Å². The molecule has 0 spiro atoms. The molecule has 0 fully saturated rings. The first-order chi connectivity index (χ1) is 9.85. The predicted octanol–water partition coefficient (Wildman–Crippen LogP) is 2.99. The van der Waals surface area contributed by atoms with E-state index in [1.54, 1.807) is 30.9 Å². The van der Waals surface area contributed by atoms with Gasteiger partial charge in [0.25, 0.3) is 0 Å². The van der Waals surface area contributed by atoms with Crippen LogP contribution in [0.25, 0.3) is 0 Å². The minimum absolute atomic E-state index is 0.0450. The van der Waals surface area contributed by atoms with Gasteiger partial charge in [-0.05, 0) is 38.5 Å². The summed E-state index contributed by atoms with van der Waals surface area (Å²) in [6.07, 6.45) is 0.368. The maximum absolute atomic E-state index is 12.1. The minimum Gasteiger partial charge on any atom is -0.352 e. The summed E-state index contributed by atoms with van der Waals surface area (Å²) >= 11 is 5.86. The van der Waals surface area contributed by atoms with E-state index < -0.39 is 6.04 Å². The highest BCUT2D eigenvalue weighted by atomic mass is 35.5. The highest BCUT2D eigenvalue weighted by Crippen LogP contribution is 2.14. The highest BCUT2D eigenvalue weighted by molar-refractivity contribution is 6.30. The molecule has 0 aliphatic carbocycles. The highest BCUT2D eigenvalue weighted by Gasteiger charge is 2.25. The van der Waals surface area contributed by atoms with Crippen molar-refractivity contribution in [2.45, 2.75) is 52.7 Å². The lowest BCUT2D eigenvalue weighted by Crippen LogP contribution is -2.48. The molecule has 1 N–H and O–H groups in total. The number of hydrogen-bond acceptors (Lipinski definition) is 2. The van der Waals surface area contributed by atoms with Gasteiger partial charge < -0.3 is 10.2 Å². The summed E-state index contributed by atoms with van der Waals surface area (Å²) in [7, 11) is 0. The zero-order chi connectivity index (χ0) is 16.0. The van der Waals surface area contributed by atoms with Gasteiger partial charge >= 0.3 is 0 Å². The zero-order valence-corrected chi connectivity index (χ0v) is 13.8. The monoisotopic (exact) mass is 310 g/mol. The largest absolute Gasteiger partial charge is 0.352 e. The van der Waals surface area contributed by atoms with Crippen LogP contribution in [-0.4, -0.2) is 28.8 Å². The van der Waals surface area contributed by atoms with E-state index in [9.17, 15) is 9.59 Å². The fourth-order valence-electron chi connectivity index (χ4n) is 1.98. The predicted molar refractivity (Wildman–Crippen MR) is 85.0 cm³/mol. The first kappa shape index (κ1) is 17.5. The van der Waals surface area contributed by atoms with Crippen molar-refractivity contribution in [2.24, 2.45) is 0 Å². The second-order valence-corrected chi connectivity index (χ2v) is 5.78. The molecule has 0 bridgehead atoms. The van der Waals surface area contributed by atoms with Crippen molar-refractivity contribution >= 4 is 23.4 Å². The molecule has 116 valence electrons. The van der Waals surface area contributed by atoms with Crippen LogP contribution in [0.5, 0.6) is 0 Å². The van der Waals surface area contributed by atoms with Crippen LogP contribution in [0.1, 0.15) is 39.7 Å². The fourth-order valence-corrected chi connectivity index (χ4v) is 2.10. The van der Waals surface area contributed by atoms with Gasteiger partial charge in [0.15, 0.2) is 0 Å². The summed E-state index contributed by atoms with van der Waals surface area (Å²) < 4.78 is 0. The van der Waals surface area contributed by atoms with E-state index in [4.69, 9.17) is 11.6 Å². The lowest BCUT2D eigenvalue weighted by Gasteiger charge is -2.29. The van der Waals surface area contributed by atoms with Gasteiger partial charge in [0.2, 0.25) is 11.8 Å². The SMILES string of the molecule is CCC(=O)N(Cc1ccc(Cl)cc1)[C@H](C)C(=O)NC(C)C. The maximum Gasteiger partial charge on any atom is 0.242 e. The van der Waals surface area contributed by atoms with Crippen molar-refractivity contribution < 1.29 is 9.59 Å². The molecule has 0 saturated carbocycles. The lowest BCUT2D eigenvalue weighted by molar-refractivity contribution is -0.140. The van der Waals surface area contributed by atoms with Crippen LogP contribution in [0.15, 0.2) is 24.3 Å². The summed E-state index contributed by atoms with van der Waals surface area (Å²) in [6, 6.07) is 6.84. The van der Waals surface area contributed by atoms with Crippen LogP contribution >= 0.6 is 11.6 Å². The molecule has 0 radical (unpaired) electrons. The molecule has 0 heterocycles. The summed E-state index contributed by atoms with van der Waals surface area (Å²) in [5, 5.41) is 3.49. The number of carbonyl (C=O) groups excluding carboxylic acids is 2. The third-order valence-corrected chi connectivity index (χ3v) is 3.42. The Balaban J connectivity index is 2.87. The molecular formula is C16H23ClN2O2. The number of hydrogen-bond donors (Lipinski definition) is 1. The molecule has 1 rings (SSSR count). The van der Waals surface area contributed by atoms with Crippen molar-refractivity contribution in [2.75, 3.05) is 0 Å². The third kappa shape index (κ3) is 5.38. The normalized spacial score (nSPS) is 12.1. The molecule has 1 aromatic rings. The van der Waals surface area contributed by atoms with Gasteiger partial charge in [0.1, 0.15) is 6.04 Å². The molecular weight excluding hydrogens is 288 g/mol. The smallest absolute Gasteiger partial charge is 0.242 e. The standard InChI is InChI=1S/C16H23ClN2O2/c1-5-15(20)19(12(4)16(21)18-11(2)3)10-13-6-8-14(17)9-7-13/h6-9,11-12H,5,10H2,1-4H3,(H,18,21)/t12-/m1/s1. The van der Waals surface area contributed by atoms with Gasteiger partial charge in [-0.1, -0.05) is 30.7 Å². The van der Waals surface area contributed by atoms with Crippen LogP contribution in [0.2, 0.25) is 5.02 Å². The van der Waals surface area contributed by atoms with Crippen molar-refractivity contribution in [1.82, 2.24) is 10.2 Å². The van der Waals surface area contributed by atoms with E-state index in [1.165, 1.54) is 0 Å². The Labute approximate surface area is 131 Å². The van der Waals surface area contributed by atoms with Crippen molar-refractivity contribution in [1.29, 1.82) is 0 Å². The Hall–Kier alpha value is -1.55. The Morgan fingerprint density at radius 2 is 1.76 bits per heavy atom. The molecule has 0 aromatic heterocycles. The zero-order valence-electron chi connectivity index (χ0n) is 13.0. The number of amides is 2. The molecule has 1 atom stereocenters. The Kier molecular flexibility index (Phi) is 6.69. The Morgan fingerprint density at radius 3 is 2.24 bits per heavy atom. The second-order valence-electron chi connectivity index (χ2n) is 5.34. The Morgan fingerprint density at radius 1 is 1.19 bits per heavy atom. The van der Waals surface area contributed by atoms with Gasteiger partial charge in [-0.3, -0.25) is 9.59 Å². The number of nitrogens with one attached hydrogen (secondary N) is 1. The lowest BCUT2D eigenvalue weighted by atomic mass is 10.1. The summed E-state index contributed by atoms with van der Waals surface area (Å²) in [5.41, 5.74) is 0.949. The van der Waals surface area contributed by atoms with E-state index in [0.717, 1.165) is 5.56 Å². The summed E-state index contributed by atoms with van der Waals surface area (Å²) in [6.45, 7) is 7.74. The van der Waals surface area contributed by atoms with Crippen LogP contribution < -0.4 is 5.32 Å². The number of rotatable bonds is 6. The quantitative estimate of drug-likeness (QED) is 0.878. The number of benzene rings is 1. The van der Waals surface area contributed by atoms with Gasteiger partial charge in [-0.25, -0.2) is 0 Å². The molecule has 0 saturated heterocycles. The van der Waals surface area contributed by atoms with E-state index in [2.05, 4.69) is 5.32 Å². The van der Waals surface area contributed by atoms with Crippen molar-refractivity contribution in [3.05, 3.63) is 34.9 Å². The average molecular weight is 311 g/mol. The Bertz CT molecular complexity index is 486. The van der Waals surface area contributed by atoms with Crippen LogP contribution in [-0.2, 0) is 16.1 Å². The number of halogens is 1. The molecule has 4 nitrogen and oxygen atoms in total. The van der Waals surface area contributed by atoms with Gasteiger partial charge in [-0.15, -0.1) is 0 Å². The summed E-state index contributed by atoms with van der Waals surface area (Å²) in [5.74, 6) is -0.183. The average Bonchev–Trinajstić information content (AvgIpc) is 2.44. The molecule has 0 aliphatic rings. The molecule has 0 unspecified atom stereocenters. The molecule has 21 heavy (non-hydrogen) atoms. The molecule has 5 heteroatoms. The van der Waals surface area contributed by atoms with Crippen LogP contribution in [0, 0.1) is 0 Å². The van der Waals surface area contributed by atoms with Gasteiger partial charge in [0, 0.05) is 24.0 Å². The molecule has 2 amide bonds. The first-order valence-corrected chi connectivity index (χ1v) is 7.57. The van der Waals surface area contributed by atoms with Gasteiger partial charge in [0.05, 0.1) is 0 Å². The fraction of sp³-hybridized carbons (Fsp3) is 0.500. The third-order valence-electron chi connectivity index (χ3n) is 3.17. The van der Waals surface area contributed by atoms with E-state index in [1.807, 2.05) is 26.0 Å². The van der Waals surface area contributed by atoms with Crippen LogP contribution in [0.3, 0.4) is 0 Å². The van der Waals surface area contributed by atoms with Crippen molar-refractivity contribution in [3.8, 4) is 0 Å². The second kappa shape index (κ2) is 8.03. The van der Waals surface area contributed by atoms with Crippen LogP contribution in [0.4, 0.5) is 0 Å². The topological polar surface area (TPSA) is 49.4 Å². The summed E-state index contributed by atoms with van der Waals surface area (Å²) in [4.78, 5) is 25.9. The van der Waals surface area contributed by atoms with Gasteiger partial charge in [-0.2, -0.15) is 0 Å². The minimum atomic E-state index is -0.504. The molecule has 0 aliphatic heterocycles. The first-order valence-electron chi connectivity index (χ1n) is 7.19. The van der Waals surface area contributed by atoms with E-state index >= 15 is 0 Å². The number of nitrogens with zero attached hydrogens (tertiary/aromatic N) is 1. The molecule has 1 aromatic carbocycles. The van der Waals surface area contributed by atoms with E-state index in [0.29, 0.717) is 18.0 Å². The maximum atomic E-state index is 12.1. The van der Waals surface area contributed by atoms with Crippen molar-refractivity contribution in [3.63, 3.8) is 0 Å². The number of carbonyl (C=O) groups is 2.